The van der Waals surface area contributed by atoms with Crippen LogP contribution in [0, 0.1) is 0 Å². The molecule has 0 radical (unpaired) electrons. The molecule has 8 nitrogen and oxygen atoms in total. The van der Waals surface area contributed by atoms with E-state index in [0.29, 0.717) is 11.8 Å². The quantitative estimate of drug-likeness (QED) is 0.558. The van der Waals surface area contributed by atoms with E-state index in [-0.39, 0.29) is 40.5 Å². The number of phenolic OH excluding ortho intramolecular Hbond substituents is 2. The Morgan fingerprint density at radius 2 is 1.90 bits per heavy atom. The van der Waals surface area contributed by atoms with Gasteiger partial charge < -0.3 is 19.8 Å². The minimum atomic E-state index is -3.17. The van der Waals surface area contributed by atoms with Gasteiger partial charge in [-0.3, -0.25) is 4.79 Å². The molecular weight excluding hydrogens is 398 g/mol. The second kappa shape index (κ2) is 7.90. The van der Waals surface area contributed by atoms with Crippen LogP contribution < -0.4 is 0 Å². The summed E-state index contributed by atoms with van der Waals surface area (Å²) in [6.07, 6.45) is -0.833. The molecular formula is C20H23NO7S. The zero-order valence-corrected chi connectivity index (χ0v) is 17.0. The first-order valence-electron chi connectivity index (χ1n) is 9.30. The molecule has 3 rings (SSSR count). The number of esters is 1. The molecule has 1 saturated heterocycles. The van der Waals surface area contributed by atoms with Crippen LogP contribution >= 0.6 is 0 Å². The fraction of sp³-hybridized carbons (Fsp3) is 0.400. The minimum Gasteiger partial charge on any atom is -0.507 e. The van der Waals surface area contributed by atoms with E-state index >= 15 is 0 Å². The van der Waals surface area contributed by atoms with Crippen LogP contribution in [0.25, 0.3) is 10.8 Å². The second-order valence-electron chi connectivity index (χ2n) is 7.07. The normalized spacial score (nSPS) is 19.0. The van der Waals surface area contributed by atoms with Crippen LogP contribution in [0.4, 0.5) is 0 Å². The lowest BCUT2D eigenvalue weighted by atomic mass is 10.0. The monoisotopic (exact) mass is 421 g/mol. The number of aromatic hydroxyl groups is 2. The maximum atomic E-state index is 12.7. The van der Waals surface area contributed by atoms with Crippen molar-refractivity contribution in [2.24, 2.45) is 0 Å². The van der Waals surface area contributed by atoms with Crippen LogP contribution in [-0.2, 0) is 19.4 Å². The lowest BCUT2D eigenvalue weighted by Gasteiger charge is -2.29. The van der Waals surface area contributed by atoms with Crippen molar-refractivity contribution < 1.29 is 33.0 Å². The molecule has 9 heteroatoms. The van der Waals surface area contributed by atoms with Crippen molar-refractivity contribution in [3.63, 3.8) is 0 Å². The van der Waals surface area contributed by atoms with Crippen molar-refractivity contribution in [3.05, 3.63) is 35.9 Å². The van der Waals surface area contributed by atoms with Gasteiger partial charge in [0.05, 0.1) is 11.5 Å². The molecule has 1 amide bonds. The van der Waals surface area contributed by atoms with Crippen LogP contribution in [0.3, 0.4) is 0 Å². The Morgan fingerprint density at radius 3 is 2.48 bits per heavy atom. The Bertz CT molecular complexity index is 1060. The summed E-state index contributed by atoms with van der Waals surface area (Å²) in [4.78, 5) is 26.7. The second-order valence-corrected chi connectivity index (χ2v) is 9.29. The summed E-state index contributed by atoms with van der Waals surface area (Å²) >= 11 is 0. The standard InChI is InChI=1S/C20H23NO7S/c1-3-21(13-8-9-29(26,27)11-13)19(24)12(2)28-20(25)16-10-17(22)14-6-4-5-7-15(14)18(16)23/h4-7,10,12-13,22-23H,3,8-9,11H2,1-2H3/t12-,13+/m1/s1. The molecule has 0 aliphatic carbocycles. The summed E-state index contributed by atoms with van der Waals surface area (Å²) in [7, 11) is -3.17. The Kier molecular flexibility index (Phi) is 5.70. The summed E-state index contributed by atoms with van der Waals surface area (Å²) < 4.78 is 28.7. The number of sulfone groups is 1. The number of hydrogen-bond donors (Lipinski definition) is 2. The van der Waals surface area contributed by atoms with Crippen molar-refractivity contribution in [2.45, 2.75) is 32.4 Å². The molecule has 1 fully saturated rings. The summed E-state index contributed by atoms with van der Waals surface area (Å²) in [6, 6.07) is 7.13. The maximum Gasteiger partial charge on any atom is 0.342 e. The van der Waals surface area contributed by atoms with Gasteiger partial charge in [0.25, 0.3) is 5.91 Å². The van der Waals surface area contributed by atoms with Crippen molar-refractivity contribution in [1.29, 1.82) is 0 Å². The van der Waals surface area contributed by atoms with Gasteiger partial charge in [-0.2, -0.15) is 0 Å². The lowest BCUT2D eigenvalue weighted by Crippen LogP contribution is -2.46. The van der Waals surface area contributed by atoms with Gasteiger partial charge in [0, 0.05) is 23.4 Å². The van der Waals surface area contributed by atoms with Gasteiger partial charge in [0.2, 0.25) is 0 Å². The smallest absolute Gasteiger partial charge is 0.342 e. The molecule has 156 valence electrons. The molecule has 0 saturated carbocycles. The third kappa shape index (κ3) is 4.14. The van der Waals surface area contributed by atoms with Crippen LogP contribution in [0.15, 0.2) is 30.3 Å². The number of likely N-dealkylation sites (N-methyl/N-ethyl adjacent to an activating group) is 1. The molecule has 1 heterocycles. The van der Waals surface area contributed by atoms with Crippen molar-refractivity contribution in [2.75, 3.05) is 18.1 Å². The van der Waals surface area contributed by atoms with Crippen LogP contribution in [0.2, 0.25) is 0 Å². The maximum absolute atomic E-state index is 12.7. The van der Waals surface area contributed by atoms with Crippen LogP contribution in [-0.4, -0.2) is 65.6 Å². The molecule has 2 aromatic carbocycles. The number of carbonyl (C=O) groups excluding carboxylic acids is 2. The predicted octanol–water partition coefficient (Wildman–Crippen LogP) is 1.83. The predicted molar refractivity (Wildman–Crippen MR) is 107 cm³/mol. The van der Waals surface area contributed by atoms with E-state index in [0.717, 1.165) is 6.07 Å². The third-order valence-electron chi connectivity index (χ3n) is 5.12. The average Bonchev–Trinajstić information content (AvgIpc) is 3.04. The van der Waals surface area contributed by atoms with E-state index in [4.69, 9.17) is 4.74 Å². The molecule has 2 aromatic rings. The Balaban J connectivity index is 1.79. The van der Waals surface area contributed by atoms with Gasteiger partial charge >= 0.3 is 5.97 Å². The number of fused-ring (bicyclic) bond motifs is 1. The highest BCUT2D eigenvalue weighted by Crippen LogP contribution is 2.35. The Hall–Kier alpha value is -2.81. The number of benzene rings is 2. The molecule has 2 atom stereocenters. The largest absolute Gasteiger partial charge is 0.507 e. The molecule has 0 spiro atoms. The number of carbonyl (C=O) groups is 2. The number of ether oxygens (including phenoxy) is 1. The number of nitrogens with zero attached hydrogens (tertiary/aromatic N) is 1. The van der Waals surface area contributed by atoms with E-state index in [1.807, 2.05) is 0 Å². The minimum absolute atomic E-state index is 0.0276. The van der Waals surface area contributed by atoms with E-state index in [2.05, 4.69) is 0 Å². The zero-order chi connectivity index (χ0) is 21.3. The fourth-order valence-electron chi connectivity index (χ4n) is 3.62. The first kappa shape index (κ1) is 20.9. The van der Waals surface area contributed by atoms with E-state index in [1.165, 1.54) is 11.8 Å². The highest BCUT2D eigenvalue weighted by Gasteiger charge is 2.36. The highest BCUT2D eigenvalue weighted by molar-refractivity contribution is 7.91. The molecule has 0 aromatic heterocycles. The molecule has 29 heavy (non-hydrogen) atoms. The molecule has 0 bridgehead atoms. The van der Waals surface area contributed by atoms with Crippen molar-refractivity contribution in [3.8, 4) is 11.5 Å². The summed E-state index contributed by atoms with van der Waals surface area (Å²) in [5.41, 5.74) is -0.257. The van der Waals surface area contributed by atoms with Gasteiger partial charge in [0.1, 0.15) is 17.1 Å². The summed E-state index contributed by atoms with van der Waals surface area (Å²) in [5, 5.41) is 21.2. The van der Waals surface area contributed by atoms with E-state index in [9.17, 15) is 28.2 Å². The number of rotatable bonds is 5. The highest BCUT2D eigenvalue weighted by atomic mass is 32.2. The van der Waals surface area contributed by atoms with E-state index < -0.39 is 33.9 Å². The van der Waals surface area contributed by atoms with Gasteiger partial charge in [-0.25, -0.2) is 13.2 Å². The average molecular weight is 421 g/mol. The first-order valence-corrected chi connectivity index (χ1v) is 11.1. The summed E-state index contributed by atoms with van der Waals surface area (Å²) in [5.74, 6) is -2.09. The van der Waals surface area contributed by atoms with E-state index in [1.54, 1.807) is 31.2 Å². The lowest BCUT2D eigenvalue weighted by molar-refractivity contribution is -0.141. The Morgan fingerprint density at radius 1 is 1.24 bits per heavy atom. The van der Waals surface area contributed by atoms with Gasteiger partial charge in [0.15, 0.2) is 15.9 Å². The SMILES string of the molecule is CCN(C(=O)[C@@H](C)OC(=O)c1cc(O)c2ccccc2c1O)[C@H]1CCS(=O)(=O)C1. The number of amides is 1. The molecule has 1 aliphatic rings. The third-order valence-corrected chi connectivity index (χ3v) is 6.87. The van der Waals surface area contributed by atoms with Crippen LogP contribution in [0.1, 0.15) is 30.6 Å². The Labute approximate surface area is 168 Å². The molecule has 2 N–H and O–H groups in total. The van der Waals surface area contributed by atoms with Gasteiger partial charge in [-0.1, -0.05) is 24.3 Å². The van der Waals surface area contributed by atoms with Gasteiger partial charge in [-0.15, -0.1) is 0 Å². The van der Waals surface area contributed by atoms with Crippen molar-refractivity contribution in [1.82, 2.24) is 4.90 Å². The topological polar surface area (TPSA) is 121 Å². The zero-order valence-electron chi connectivity index (χ0n) is 16.2. The van der Waals surface area contributed by atoms with Crippen LogP contribution in [0.5, 0.6) is 11.5 Å². The summed E-state index contributed by atoms with van der Waals surface area (Å²) in [6.45, 7) is 3.40. The number of hydrogen-bond acceptors (Lipinski definition) is 7. The molecule has 1 aliphatic heterocycles. The molecule has 0 unspecified atom stereocenters. The number of phenols is 2. The first-order chi connectivity index (χ1) is 13.6. The van der Waals surface area contributed by atoms with Crippen molar-refractivity contribution >= 4 is 32.5 Å². The fourth-order valence-corrected chi connectivity index (χ4v) is 5.35. The van der Waals surface area contributed by atoms with Gasteiger partial charge in [-0.05, 0) is 26.3 Å².